The number of nitrogens with one attached hydrogen (secondary N) is 1. The monoisotopic (exact) mass is 443 g/mol. The van der Waals surface area contributed by atoms with E-state index in [1.165, 1.54) is 81.3 Å². The van der Waals surface area contributed by atoms with E-state index in [0.717, 1.165) is 23.4 Å². The fraction of sp³-hybridized carbons (Fsp3) is 0.750. The van der Waals surface area contributed by atoms with Gasteiger partial charge in [-0.05, 0) is 58.6 Å². The molecule has 3 fully saturated rings. The molecule has 6 nitrogen and oxygen atoms in total. The summed E-state index contributed by atoms with van der Waals surface area (Å²) in [6.07, 6.45) is 11.0. The highest BCUT2D eigenvalue weighted by molar-refractivity contribution is 7.20. The highest BCUT2D eigenvalue weighted by Gasteiger charge is 2.29. The Balaban J connectivity index is 1.20. The lowest BCUT2D eigenvalue weighted by Gasteiger charge is -2.41. The molecule has 31 heavy (non-hydrogen) atoms. The summed E-state index contributed by atoms with van der Waals surface area (Å²) in [5, 5.41) is 9.35. The molecule has 2 aromatic rings. The van der Waals surface area contributed by atoms with E-state index in [1.54, 1.807) is 11.3 Å². The Bertz CT molecular complexity index is 899. The van der Waals surface area contributed by atoms with Crippen LogP contribution in [0.2, 0.25) is 0 Å². The van der Waals surface area contributed by atoms with Crippen molar-refractivity contribution in [1.82, 2.24) is 24.9 Å². The van der Waals surface area contributed by atoms with Crippen LogP contribution in [-0.2, 0) is 0 Å². The Morgan fingerprint density at radius 1 is 1.00 bits per heavy atom. The number of rotatable bonds is 4. The molecular formula is C24H37N5OS. The van der Waals surface area contributed by atoms with Gasteiger partial charge in [-0.15, -0.1) is 11.3 Å². The minimum absolute atomic E-state index is 0.110. The molecule has 3 heterocycles. The number of thiophene rings is 1. The Labute approximate surface area is 190 Å². The quantitative estimate of drug-likeness (QED) is 0.769. The molecule has 1 saturated heterocycles. The van der Waals surface area contributed by atoms with E-state index in [2.05, 4.69) is 39.8 Å². The number of carbonyl (C=O) groups is 1. The van der Waals surface area contributed by atoms with Gasteiger partial charge in [0.25, 0.3) is 5.91 Å². The summed E-state index contributed by atoms with van der Waals surface area (Å²) in [7, 11) is 2.21. The average molecular weight is 444 g/mol. The number of fused-ring (bicyclic) bond motifs is 1. The van der Waals surface area contributed by atoms with Gasteiger partial charge in [0.1, 0.15) is 4.83 Å². The van der Waals surface area contributed by atoms with Crippen molar-refractivity contribution in [2.24, 2.45) is 0 Å². The second-order valence-corrected chi connectivity index (χ2v) is 11.0. The first-order chi connectivity index (χ1) is 15.1. The van der Waals surface area contributed by atoms with Crippen molar-refractivity contribution >= 4 is 27.5 Å². The van der Waals surface area contributed by atoms with Gasteiger partial charge in [-0.3, -0.25) is 14.4 Å². The minimum atomic E-state index is 0.110. The number of likely N-dealkylation sites (N-methyl/N-ethyl adjacent to an activating group) is 1. The lowest BCUT2D eigenvalue weighted by Crippen LogP contribution is -2.51. The van der Waals surface area contributed by atoms with Crippen LogP contribution in [0.1, 0.15) is 79.2 Å². The normalized spacial score (nSPS) is 27.0. The van der Waals surface area contributed by atoms with E-state index < -0.39 is 0 Å². The molecule has 1 amide bonds. The maximum atomic E-state index is 13.1. The van der Waals surface area contributed by atoms with Crippen LogP contribution >= 0.6 is 11.3 Å². The third-order valence-electron chi connectivity index (χ3n) is 7.80. The Morgan fingerprint density at radius 3 is 2.42 bits per heavy atom. The van der Waals surface area contributed by atoms with Gasteiger partial charge in [-0.25, -0.2) is 0 Å². The zero-order valence-electron chi connectivity index (χ0n) is 19.1. The summed E-state index contributed by atoms with van der Waals surface area (Å²) < 4.78 is 2.23. The number of hydrogen-bond acceptors (Lipinski definition) is 5. The number of aromatic nitrogens is 2. The van der Waals surface area contributed by atoms with Crippen molar-refractivity contribution < 1.29 is 4.79 Å². The van der Waals surface area contributed by atoms with E-state index in [4.69, 9.17) is 5.10 Å². The molecule has 2 aliphatic carbocycles. The van der Waals surface area contributed by atoms with Crippen LogP contribution in [0.15, 0.2) is 6.07 Å². The number of piperazine rings is 1. The maximum Gasteiger partial charge on any atom is 0.261 e. The average Bonchev–Trinajstić information content (AvgIpc) is 3.36. The van der Waals surface area contributed by atoms with Crippen molar-refractivity contribution in [3.05, 3.63) is 16.6 Å². The SMILES string of the molecule is Cc1nn(C2CCCCC2)c2sc(C(=O)N[C@H]3CC[C@H](N4CCN(C)CC4)CC3)cc12. The number of nitrogens with zero attached hydrogens (tertiary/aromatic N) is 4. The van der Waals surface area contributed by atoms with Gasteiger partial charge >= 0.3 is 0 Å². The molecule has 0 spiro atoms. The molecule has 1 N–H and O–H groups in total. The van der Waals surface area contributed by atoms with E-state index in [1.807, 2.05) is 0 Å². The molecule has 0 unspecified atom stereocenters. The number of aryl methyl sites for hydroxylation is 1. The van der Waals surface area contributed by atoms with E-state index >= 15 is 0 Å². The van der Waals surface area contributed by atoms with Crippen LogP contribution in [-0.4, -0.2) is 70.8 Å². The molecule has 7 heteroatoms. The first-order valence-corrected chi connectivity index (χ1v) is 13.1. The highest BCUT2D eigenvalue weighted by atomic mass is 32.1. The summed E-state index contributed by atoms with van der Waals surface area (Å²) >= 11 is 1.63. The van der Waals surface area contributed by atoms with E-state index in [-0.39, 0.29) is 5.91 Å². The third-order valence-corrected chi connectivity index (χ3v) is 8.92. The van der Waals surface area contributed by atoms with Gasteiger partial charge in [0, 0.05) is 43.6 Å². The highest BCUT2D eigenvalue weighted by Crippen LogP contribution is 2.35. The van der Waals surface area contributed by atoms with Gasteiger partial charge in [-0.2, -0.15) is 5.10 Å². The van der Waals surface area contributed by atoms with Crippen molar-refractivity contribution in [3.63, 3.8) is 0 Å². The van der Waals surface area contributed by atoms with Crippen LogP contribution < -0.4 is 5.32 Å². The largest absolute Gasteiger partial charge is 0.349 e. The van der Waals surface area contributed by atoms with Gasteiger partial charge in [0.05, 0.1) is 16.6 Å². The smallest absolute Gasteiger partial charge is 0.261 e. The second kappa shape index (κ2) is 9.20. The Morgan fingerprint density at radius 2 is 1.71 bits per heavy atom. The molecular weight excluding hydrogens is 406 g/mol. The zero-order chi connectivity index (χ0) is 21.4. The summed E-state index contributed by atoms with van der Waals surface area (Å²) in [5.41, 5.74) is 1.06. The fourth-order valence-corrected chi connectivity index (χ4v) is 6.92. The number of carbonyl (C=O) groups excluding carboxylic acids is 1. The Kier molecular flexibility index (Phi) is 6.35. The molecule has 2 saturated carbocycles. The van der Waals surface area contributed by atoms with Crippen LogP contribution in [0.3, 0.4) is 0 Å². The van der Waals surface area contributed by atoms with Gasteiger partial charge in [0.15, 0.2) is 0 Å². The summed E-state index contributed by atoms with van der Waals surface area (Å²) in [4.78, 5) is 20.2. The summed E-state index contributed by atoms with van der Waals surface area (Å²) in [6, 6.07) is 3.60. The molecule has 5 rings (SSSR count). The van der Waals surface area contributed by atoms with Crippen LogP contribution in [0.25, 0.3) is 10.2 Å². The molecule has 2 aromatic heterocycles. The third kappa shape index (κ3) is 4.55. The molecule has 0 atom stereocenters. The summed E-state index contributed by atoms with van der Waals surface area (Å²) in [6.45, 7) is 6.82. The van der Waals surface area contributed by atoms with E-state index in [9.17, 15) is 4.79 Å². The molecule has 0 bridgehead atoms. The number of amides is 1. The lowest BCUT2D eigenvalue weighted by molar-refractivity contribution is 0.0792. The maximum absolute atomic E-state index is 13.1. The molecule has 0 aromatic carbocycles. The summed E-state index contributed by atoms with van der Waals surface area (Å²) in [5.74, 6) is 0.110. The first-order valence-electron chi connectivity index (χ1n) is 12.3. The first kappa shape index (κ1) is 21.4. The molecule has 170 valence electrons. The number of hydrogen-bond donors (Lipinski definition) is 1. The van der Waals surface area contributed by atoms with Crippen LogP contribution in [0.5, 0.6) is 0 Å². The van der Waals surface area contributed by atoms with Crippen molar-refractivity contribution in [1.29, 1.82) is 0 Å². The Hall–Kier alpha value is -1.44. The van der Waals surface area contributed by atoms with Crippen molar-refractivity contribution in [3.8, 4) is 0 Å². The van der Waals surface area contributed by atoms with Gasteiger partial charge in [-0.1, -0.05) is 19.3 Å². The predicted molar refractivity (Wildman–Crippen MR) is 127 cm³/mol. The van der Waals surface area contributed by atoms with Crippen LogP contribution in [0, 0.1) is 6.92 Å². The zero-order valence-corrected chi connectivity index (χ0v) is 19.9. The van der Waals surface area contributed by atoms with E-state index in [0.29, 0.717) is 18.1 Å². The topological polar surface area (TPSA) is 53.4 Å². The van der Waals surface area contributed by atoms with Gasteiger partial charge < -0.3 is 10.2 Å². The molecule has 1 aliphatic heterocycles. The predicted octanol–water partition coefficient (Wildman–Crippen LogP) is 4.20. The van der Waals surface area contributed by atoms with Crippen molar-refractivity contribution in [2.75, 3.05) is 33.2 Å². The lowest BCUT2D eigenvalue weighted by atomic mass is 9.89. The van der Waals surface area contributed by atoms with Gasteiger partial charge in [0.2, 0.25) is 0 Å². The van der Waals surface area contributed by atoms with Crippen molar-refractivity contribution in [2.45, 2.75) is 82.8 Å². The molecule has 3 aliphatic rings. The standard InChI is InChI=1S/C24H37N5OS/c1-17-21-16-22(31-24(21)29(26-17)20-6-4-3-5-7-20)23(30)25-18-8-10-19(11-9-18)28-14-12-27(2)13-15-28/h16,18-20H,3-15H2,1-2H3,(H,25,30)/t18-,19-. The molecule has 0 radical (unpaired) electrons. The fourth-order valence-electron chi connectivity index (χ4n) is 5.79. The second-order valence-electron chi connectivity index (χ2n) is 9.97. The van der Waals surface area contributed by atoms with Crippen LogP contribution in [0.4, 0.5) is 0 Å². The minimum Gasteiger partial charge on any atom is -0.349 e.